The molecule has 0 radical (unpaired) electrons. The van der Waals surface area contributed by atoms with Crippen LogP contribution in [-0.4, -0.2) is 60.3 Å². The second-order valence-electron chi connectivity index (χ2n) is 8.28. The van der Waals surface area contributed by atoms with Crippen molar-refractivity contribution in [3.05, 3.63) is 53.6 Å². The standard InChI is InChI=1S/C24H31N3O4/c1-16(23(28)17-8-9-21(30-2)22(14-17)31-3)26-12-10-19(11-13-26)27-15-18-6-4-5-7-20(18)25-24(27)29/h4-9,14,16,19,23,28H,10-13,15H2,1-3H3,(H,25,29)/t16-,23-/m0/s1. The van der Waals surface area contributed by atoms with E-state index in [9.17, 15) is 9.90 Å². The van der Waals surface area contributed by atoms with E-state index in [1.54, 1.807) is 14.2 Å². The van der Waals surface area contributed by atoms with E-state index in [-0.39, 0.29) is 18.1 Å². The molecule has 0 saturated carbocycles. The predicted octanol–water partition coefficient (Wildman–Crippen LogP) is 3.64. The molecule has 0 aromatic heterocycles. The van der Waals surface area contributed by atoms with Crippen LogP contribution in [0.2, 0.25) is 0 Å². The first-order valence-electron chi connectivity index (χ1n) is 10.8. The molecule has 0 unspecified atom stereocenters. The lowest BCUT2D eigenvalue weighted by atomic mass is 9.96. The Morgan fingerprint density at radius 1 is 1.06 bits per heavy atom. The summed E-state index contributed by atoms with van der Waals surface area (Å²) in [6.07, 6.45) is 1.14. The van der Waals surface area contributed by atoms with Crippen LogP contribution in [0.15, 0.2) is 42.5 Å². The summed E-state index contributed by atoms with van der Waals surface area (Å²) in [5.41, 5.74) is 2.87. The van der Waals surface area contributed by atoms with Crippen LogP contribution in [-0.2, 0) is 6.54 Å². The fourth-order valence-corrected chi connectivity index (χ4v) is 4.64. The van der Waals surface area contributed by atoms with Crippen molar-refractivity contribution in [2.45, 2.75) is 44.5 Å². The number of anilines is 1. The third kappa shape index (κ3) is 4.34. The van der Waals surface area contributed by atoms with Gasteiger partial charge in [0.25, 0.3) is 0 Å². The molecule has 2 aromatic rings. The van der Waals surface area contributed by atoms with Crippen molar-refractivity contribution in [2.24, 2.45) is 0 Å². The maximum absolute atomic E-state index is 12.6. The molecule has 7 nitrogen and oxygen atoms in total. The van der Waals surface area contributed by atoms with Crippen LogP contribution >= 0.6 is 0 Å². The van der Waals surface area contributed by atoms with Crippen molar-refractivity contribution >= 4 is 11.7 Å². The Kier molecular flexibility index (Phi) is 6.34. The summed E-state index contributed by atoms with van der Waals surface area (Å²) in [4.78, 5) is 16.9. The molecule has 0 aliphatic carbocycles. The number of carbonyl (C=O) groups is 1. The van der Waals surface area contributed by atoms with Crippen molar-refractivity contribution in [1.29, 1.82) is 0 Å². The van der Waals surface area contributed by atoms with E-state index < -0.39 is 6.10 Å². The number of hydrogen-bond acceptors (Lipinski definition) is 5. The maximum Gasteiger partial charge on any atom is 0.322 e. The average molecular weight is 426 g/mol. The van der Waals surface area contributed by atoms with E-state index in [0.29, 0.717) is 18.0 Å². The van der Waals surface area contributed by atoms with Gasteiger partial charge in [-0.25, -0.2) is 4.79 Å². The minimum atomic E-state index is -0.637. The topological polar surface area (TPSA) is 74.3 Å². The summed E-state index contributed by atoms with van der Waals surface area (Å²) in [5.74, 6) is 1.26. The van der Waals surface area contributed by atoms with Gasteiger partial charge in [0, 0.05) is 37.4 Å². The molecule has 1 fully saturated rings. The van der Waals surface area contributed by atoms with E-state index in [4.69, 9.17) is 9.47 Å². The monoisotopic (exact) mass is 425 g/mol. The van der Waals surface area contributed by atoms with Gasteiger partial charge in [-0.05, 0) is 49.1 Å². The smallest absolute Gasteiger partial charge is 0.322 e. The van der Waals surface area contributed by atoms with Gasteiger partial charge in [-0.1, -0.05) is 24.3 Å². The molecule has 2 aromatic carbocycles. The van der Waals surface area contributed by atoms with Crippen molar-refractivity contribution in [2.75, 3.05) is 32.6 Å². The van der Waals surface area contributed by atoms with Crippen molar-refractivity contribution in [3.8, 4) is 11.5 Å². The number of amides is 2. The fourth-order valence-electron chi connectivity index (χ4n) is 4.64. The van der Waals surface area contributed by atoms with Gasteiger partial charge in [0.1, 0.15) is 0 Å². The van der Waals surface area contributed by atoms with Crippen LogP contribution in [0, 0.1) is 0 Å². The van der Waals surface area contributed by atoms with E-state index in [0.717, 1.165) is 42.7 Å². The molecule has 2 aliphatic rings. The third-order valence-corrected chi connectivity index (χ3v) is 6.58. The number of urea groups is 1. The normalized spacial score (nSPS) is 19.4. The number of likely N-dealkylation sites (tertiary alicyclic amines) is 1. The second-order valence-corrected chi connectivity index (χ2v) is 8.28. The van der Waals surface area contributed by atoms with Crippen molar-refractivity contribution in [3.63, 3.8) is 0 Å². The first-order chi connectivity index (χ1) is 15.0. The molecule has 0 spiro atoms. The molecule has 2 atom stereocenters. The van der Waals surface area contributed by atoms with E-state index in [2.05, 4.69) is 16.3 Å². The number of nitrogens with one attached hydrogen (secondary N) is 1. The van der Waals surface area contributed by atoms with Crippen LogP contribution in [0.4, 0.5) is 10.5 Å². The molecule has 166 valence electrons. The highest BCUT2D eigenvalue weighted by Crippen LogP contribution is 2.33. The highest BCUT2D eigenvalue weighted by molar-refractivity contribution is 5.92. The van der Waals surface area contributed by atoms with Crippen molar-refractivity contribution in [1.82, 2.24) is 9.80 Å². The Bertz CT molecular complexity index is 927. The minimum Gasteiger partial charge on any atom is -0.493 e. The number of benzene rings is 2. The Morgan fingerprint density at radius 2 is 1.77 bits per heavy atom. The van der Waals surface area contributed by atoms with Gasteiger partial charge in [-0.3, -0.25) is 4.90 Å². The molecule has 4 rings (SSSR count). The van der Waals surface area contributed by atoms with Crippen LogP contribution in [0.5, 0.6) is 11.5 Å². The summed E-state index contributed by atoms with van der Waals surface area (Å²) < 4.78 is 10.7. The zero-order valence-electron chi connectivity index (χ0n) is 18.4. The van der Waals surface area contributed by atoms with Gasteiger partial charge >= 0.3 is 6.03 Å². The molecule has 2 N–H and O–H groups in total. The summed E-state index contributed by atoms with van der Waals surface area (Å²) in [5, 5.41) is 14.0. The van der Waals surface area contributed by atoms with Crippen LogP contribution in [0.25, 0.3) is 0 Å². The maximum atomic E-state index is 12.6. The van der Waals surface area contributed by atoms with Gasteiger partial charge in [-0.15, -0.1) is 0 Å². The number of fused-ring (bicyclic) bond motifs is 1. The number of ether oxygens (including phenoxy) is 2. The quantitative estimate of drug-likeness (QED) is 0.739. The summed E-state index contributed by atoms with van der Waals surface area (Å²) in [7, 11) is 3.19. The molecule has 1 saturated heterocycles. The number of aliphatic hydroxyl groups is 1. The van der Waals surface area contributed by atoms with E-state index in [1.165, 1.54) is 0 Å². The molecule has 7 heteroatoms. The molecular formula is C24H31N3O4. The lowest BCUT2D eigenvalue weighted by molar-refractivity contribution is 0.0299. The number of rotatable bonds is 6. The van der Waals surface area contributed by atoms with Crippen LogP contribution in [0.3, 0.4) is 0 Å². The van der Waals surface area contributed by atoms with Gasteiger partial charge in [0.2, 0.25) is 0 Å². The largest absolute Gasteiger partial charge is 0.493 e. The molecule has 31 heavy (non-hydrogen) atoms. The molecule has 0 bridgehead atoms. The number of aliphatic hydroxyl groups excluding tert-OH is 1. The highest BCUT2D eigenvalue weighted by Gasteiger charge is 2.34. The Balaban J connectivity index is 1.38. The molecule has 2 amide bonds. The zero-order valence-corrected chi connectivity index (χ0v) is 18.4. The summed E-state index contributed by atoms with van der Waals surface area (Å²) in [6.45, 7) is 4.37. The third-order valence-electron chi connectivity index (χ3n) is 6.58. The van der Waals surface area contributed by atoms with Gasteiger partial charge < -0.3 is 24.8 Å². The van der Waals surface area contributed by atoms with E-state index in [1.807, 2.05) is 48.2 Å². The SMILES string of the molecule is COc1ccc([C@@H](O)[C@H](C)N2CCC(N3Cc4ccccc4NC3=O)CC2)cc1OC. The first kappa shape index (κ1) is 21.5. The lowest BCUT2D eigenvalue weighted by Crippen LogP contribution is -2.52. The number of nitrogens with zero attached hydrogens (tertiary/aromatic N) is 2. The number of piperidine rings is 1. The summed E-state index contributed by atoms with van der Waals surface area (Å²) >= 11 is 0. The average Bonchev–Trinajstić information content (AvgIpc) is 2.82. The predicted molar refractivity (Wildman–Crippen MR) is 120 cm³/mol. The number of carbonyl (C=O) groups excluding carboxylic acids is 1. The summed E-state index contributed by atoms with van der Waals surface area (Å²) in [6, 6.07) is 13.6. The Labute approximate surface area is 183 Å². The first-order valence-corrected chi connectivity index (χ1v) is 10.8. The molecule has 2 aliphatic heterocycles. The number of hydrogen-bond donors (Lipinski definition) is 2. The van der Waals surface area contributed by atoms with Gasteiger partial charge in [0.15, 0.2) is 11.5 Å². The Morgan fingerprint density at radius 3 is 2.48 bits per heavy atom. The fraction of sp³-hybridized carbons (Fsp3) is 0.458. The van der Waals surface area contributed by atoms with Crippen molar-refractivity contribution < 1.29 is 19.4 Å². The second kappa shape index (κ2) is 9.16. The van der Waals surface area contributed by atoms with Gasteiger partial charge in [0.05, 0.1) is 20.3 Å². The number of para-hydroxylation sites is 1. The minimum absolute atomic E-state index is 0.0180. The highest BCUT2D eigenvalue weighted by atomic mass is 16.5. The van der Waals surface area contributed by atoms with Gasteiger partial charge in [-0.2, -0.15) is 0 Å². The van der Waals surface area contributed by atoms with Crippen LogP contribution in [0.1, 0.15) is 37.0 Å². The number of methoxy groups -OCH3 is 2. The van der Waals surface area contributed by atoms with Crippen LogP contribution < -0.4 is 14.8 Å². The lowest BCUT2D eigenvalue weighted by Gasteiger charge is -2.43. The zero-order chi connectivity index (χ0) is 22.0. The Hall–Kier alpha value is -2.77. The van der Waals surface area contributed by atoms with E-state index >= 15 is 0 Å². The molecular weight excluding hydrogens is 394 g/mol. The molecule has 2 heterocycles.